The maximum Gasteiger partial charge on any atom is 0.323 e. The van der Waals surface area contributed by atoms with E-state index in [1.165, 1.54) is 7.11 Å². The number of carbonyl (C=O) groups is 2. The van der Waals surface area contributed by atoms with Crippen molar-refractivity contribution in [3.63, 3.8) is 0 Å². The Balaban J connectivity index is 1.67. The molecule has 0 aliphatic heterocycles. The van der Waals surface area contributed by atoms with Crippen LogP contribution in [0.4, 0.5) is 16.2 Å². The van der Waals surface area contributed by atoms with Crippen LogP contribution in [0, 0.1) is 0 Å². The average Bonchev–Trinajstić information content (AvgIpc) is 2.74. The second-order valence-electron chi connectivity index (χ2n) is 6.45. The molecule has 0 saturated heterocycles. The van der Waals surface area contributed by atoms with Gasteiger partial charge in [-0.15, -0.1) is 0 Å². The number of urea groups is 1. The van der Waals surface area contributed by atoms with Gasteiger partial charge < -0.3 is 25.2 Å². The van der Waals surface area contributed by atoms with Gasteiger partial charge in [-0.25, -0.2) is 4.79 Å². The van der Waals surface area contributed by atoms with E-state index in [1.807, 2.05) is 36.4 Å². The number of aliphatic carboxylic acids is 1. The summed E-state index contributed by atoms with van der Waals surface area (Å²) in [6.45, 7) is 0.375. The highest BCUT2D eigenvalue weighted by molar-refractivity contribution is 6.01. The third-order valence-corrected chi connectivity index (χ3v) is 4.24. The summed E-state index contributed by atoms with van der Waals surface area (Å²) in [5.74, 6) is -0.0274. The number of anilines is 2. The molecule has 154 valence electrons. The summed E-state index contributed by atoms with van der Waals surface area (Å²) >= 11 is 0. The first-order valence-corrected chi connectivity index (χ1v) is 9.27. The maximum absolute atomic E-state index is 12.5. The van der Waals surface area contributed by atoms with Gasteiger partial charge >= 0.3 is 12.0 Å². The third kappa shape index (κ3) is 5.75. The summed E-state index contributed by atoms with van der Waals surface area (Å²) in [5.41, 5.74) is 2.53. The van der Waals surface area contributed by atoms with Gasteiger partial charge in [0.15, 0.2) is 0 Å². The smallest absolute Gasteiger partial charge is 0.323 e. The van der Waals surface area contributed by atoms with Crippen molar-refractivity contribution < 1.29 is 24.2 Å². The van der Waals surface area contributed by atoms with Crippen LogP contribution in [0.25, 0.3) is 0 Å². The van der Waals surface area contributed by atoms with Crippen molar-refractivity contribution in [2.24, 2.45) is 0 Å². The standard InChI is InChI=1S/C23H22N2O5/c1-29-21-13-17(14-22(26)27)11-12-19(21)25-23(28)24-18-9-5-6-10-20(18)30-15-16-7-3-2-4-8-16/h2-13H,14-15H2,1H3,(H,26,27)(H2,24,25,28). The Bertz CT molecular complexity index is 1020. The van der Waals surface area contributed by atoms with Gasteiger partial charge in [-0.3, -0.25) is 4.79 Å². The van der Waals surface area contributed by atoms with Crippen molar-refractivity contribution in [3.8, 4) is 11.5 Å². The van der Waals surface area contributed by atoms with Crippen LogP contribution in [0.5, 0.6) is 11.5 Å². The van der Waals surface area contributed by atoms with Crippen LogP contribution in [0.15, 0.2) is 72.8 Å². The minimum Gasteiger partial charge on any atom is -0.495 e. The Morgan fingerprint density at radius 2 is 1.50 bits per heavy atom. The van der Waals surface area contributed by atoms with Crippen LogP contribution in [0.3, 0.4) is 0 Å². The van der Waals surface area contributed by atoms with Gasteiger partial charge in [0.05, 0.1) is 24.9 Å². The summed E-state index contributed by atoms with van der Waals surface area (Å²) in [7, 11) is 1.45. The average molecular weight is 406 g/mol. The number of para-hydroxylation sites is 2. The molecule has 0 spiro atoms. The van der Waals surface area contributed by atoms with Gasteiger partial charge in [0.1, 0.15) is 18.1 Å². The van der Waals surface area contributed by atoms with Crippen molar-refractivity contribution in [2.45, 2.75) is 13.0 Å². The van der Waals surface area contributed by atoms with Crippen LogP contribution < -0.4 is 20.1 Å². The van der Waals surface area contributed by atoms with E-state index in [-0.39, 0.29) is 6.42 Å². The fourth-order valence-corrected chi connectivity index (χ4v) is 2.83. The first-order valence-electron chi connectivity index (χ1n) is 9.27. The monoisotopic (exact) mass is 406 g/mol. The van der Waals surface area contributed by atoms with Crippen LogP contribution in [0.1, 0.15) is 11.1 Å². The van der Waals surface area contributed by atoms with Crippen LogP contribution in [0.2, 0.25) is 0 Å². The molecule has 0 atom stereocenters. The molecule has 30 heavy (non-hydrogen) atoms. The Kier molecular flexibility index (Phi) is 6.89. The minimum atomic E-state index is -0.942. The number of methoxy groups -OCH3 is 1. The molecule has 0 fully saturated rings. The van der Waals surface area contributed by atoms with Crippen molar-refractivity contribution in [1.29, 1.82) is 0 Å². The zero-order valence-electron chi connectivity index (χ0n) is 16.4. The van der Waals surface area contributed by atoms with E-state index in [4.69, 9.17) is 14.6 Å². The van der Waals surface area contributed by atoms with E-state index < -0.39 is 12.0 Å². The Morgan fingerprint density at radius 1 is 0.833 bits per heavy atom. The van der Waals surface area contributed by atoms with Gasteiger partial charge in [0.2, 0.25) is 0 Å². The molecule has 0 radical (unpaired) electrons. The lowest BCUT2D eigenvalue weighted by Gasteiger charge is -2.15. The van der Waals surface area contributed by atoms with Crippen molar-refractivity contribution in [3.05, 3.63) is 83.9 Å². The fourth-order valence-electron chi connectivity index (χ4n) is 2.83. The van der Waals surface area contributed by atoms with Crippen molar-refractivity contribution in [2.75, 3.05) is 17.7 Å². The van der Waals surface area contributed by atoms with Gasteiger partial charge in [-0.1, -0.05) is 48.5 Å². The number of carboxylic acids is 1. The minimum absolute atomic E-state index is 0.130. The summed E-state index contributed by atoms with van der Waals surface area (Å²) in [6.07, 6.45) is -0.130. The molecule has 7 nitrogen and oxygen atoms in total. The molecule has 0 aliphatic carbocycles. The number of hydrogen-bond acceptors (Lipinski definition) is 4. The molecule has 3 aromatic carbocycles. The van der Waals surface area contributed by atoms with E-state index in [2.05, 4.69) is 10.6 Å². The van der Waals surface area contributed by atoms with Gasteiger partial charge in [0, 0.05) is 0 Å². The Morgan fingerprint density at radius 3 is 2.20 bits per heavy atom. The van der Waals surface area contributed by atoms with Gasteiger partial charge in [0.25, 0.3) is 0 Å². The summed E-state index contributed by atoms with van der Waals surface area (Å²) in [6, 6.07) is 21.2. The predicted octanol–water partition coefficient (Wildman–Crippen LogP) is 4.55. The highest BCUT2D eigenvalue weighted by atomic mass is 16.5. The number of amides is 2. The van der Waals surface area contributed by atoms with E-state index >= 15 is 0 Å². The molecule has 0 heterocycles. The molecule has 0 aromatic heterocycles. The summed E-state index contributed by atoms with van der Waals surface area (Å²) in [4.78, 5) is 23.4. The highest BCUT2D eigenvalue weighted by Gasteiger charge is 2.12. The highest BCUT2D eigenvalue weighted by Crippen LogP contribution is 2.28. The van der Waals surface area contributed by atoms with Gasteiger partial charge in [-0.05, 0) is 35.4 Å². The molecule has 3 N–H and O–H groups in total. The first kappa shape index (κ1) is 20.7. The zero-order chi connectivity index (χ0) is 21.3. The number of carbonyl (C=O) groups excluding carboxylic acids is 1. The molecule has 7 heteroatoms. The van der Waals surface area contributed by atoms with E-state index in [9.17, 15) is 9.59 Å². The van der Waals surface area contributed by atoms with Crippen LogP contribution >= 0.6 is 0 Å². The quantitative estimate of drug-likeness (QED) is 0.510. The van der Waals surface area contributed by atoms with E-state index in [0.717, 1.165) is 5.56 Å². The second-order valence-corrected chi connectivity index (χ2v) is 6.45. The molecular formula is C23H22N2O5. The lowest BCUT2D eigenvalue weighted by molar-refractivity contribution is -0.136. The van der Waals surface area contributed by atoms with Crippen molar-refractivity contribution >= 4 is 23.4 Å². The molecule has 3 rings (SSSR count). The maximum atomic E-state index is 12.5. The predicted molar refractivity (Wildman–Crippen MR) is 114 cm³/mol. The molecule has 0 aliphatic rings. The number of nitrogens with one attached hydrogen (secondary N) is 2. The number of rotatable bonds is 8. The topological polar surface area (TPSA) is 96.9 Å². The van der Waals surface area contributed by atoms with E-state index in [1.54, 1.807) is 36.4 Å². The SMILES string of the molecule is COc1cc(CC(=O)O)ccc1NC(=O)Nc1ccccc1OCc1ccccc1. The molecule has 3 aromatic rings. The Hall–Kier alpha value is -4.00. The molecule has 0 bridgehead atoms. The van der Waals surface area contributed by atoms with Crippen molar-refractivity contribution in [1.82, 2.24) is 0 Å². The summed E-state index contributed by atoms with van der Waals surface area (Å²) in [5, 5.41) is 14.4. The van der Waals surface area contributed by atoms with Gasteiger partial charge in [-0.2, -0.15) is 0 Å². The normalized spacial score (nSPS) is 10.2. The van der Waals surface area contributed by atoms with Crippen LogP contribution in [-0.2, 0) is 17.8 Å². The summed E-state index contributed by atoms with van der Waals surface area (Å²) < 4.78 is 11.1. The molecular weight excluding hydrogens is 384 g/mol. The zero-order valence-corrected chi connectivity index (χ0v) is 16.4. The second kappa shape index (κ2) is 9.97. The molecule has 0 unspecified atom stereocenters. The number of hydrogen-bond donors (Lipinski definition) is 3. The largest absolute Gasteiger partial charge is 0.495 e. The number of ether oxygens (including phenoxy) is 2. The lowest BCUT2D eigenvalue weighted by Crippen LogP contribution is -2.20. The third-order valence-electron chi connectivity index (χ3n) is 4.24. The molecule has 0 saturated carbocycles. The molecule has 2 amide bonds. The first-order chi connectivity index (χ1) is 14.5. The Labute approximate surface area is 174 Å². The van der Waals surface area contributed by atoms with E-state index in [0.29, 0.717) is 35.0 Å². The fraction of sp³-hybridized carbons (Fsp3) is 0.130. The number of carboxylic acid groups (broad SMARTS) is 1. The van der Waals surface area contributed by atoms with Crippen LogP contribution in [-0.4, -0.2) is 24.2 Å². The lowest BCUT2D eigenvalue weighted by atomic mass is 10.1. The number of benzene rings is 3.